The van der Waals surface area contributed by atoms with E-state index in [0.717, 1.165) is 21.5 Å². The Bertz CT molecular complexity index is 1370. The second-order valence-electron chi connectivity index (χ2n) is 8.27. The zero-order valence-corrected chi connectivity index (χ0v) is 19.0. The lowest BCUT2D eigenvalue weighted by Gasteiger charge is -2.10. The van der Waals surface area contributed by atoms with Crippen LogP contribution in [0.3, 0.4) is 0 Å². The van der Waals surface area contributed by atoms with Crippen LogP contribution in [0.1, 0.15) is 22.3 Å². The molecule has 0 atom stereocenters. The molecule has 2 nitrogen and oxygen atoms in total. The van der Waals surface area contributed by atoms with Crippen LogP contribution in [-0.2, 0) is 0 Å². The lowest BCUT2D eigenvalue weighted by atomic mass is 9.95. The number of rotatable bonds is 3. The first kappa shape index (κ1) is 19.7. The van der Waals surface area contributed by atoms with Gasteiger partial charge in [0.25, 0.3) is 0 Å². The van der Waals surface area contributed by atoms with Gasteiger partial charge in [0.2, 0.25) is 0 Å². The molecule has 0 saturated carbocycles. The Balaban J connectivity index is 1.57. The maximum atomic E-state index is 4.64. The minimum atomic E-state index is 1.00. The molecule has 0 N–H and O–H groups in total. The van der Waals surface area contributed by atoms with Crippen molar-refractivity contribution in [2.45, 2.75) is 27.7 Å². The molecule has 0 fully saturated rings. The van der Waals surface area contributed by atoms with Crippen molar-refractivity contribution in [2.24, 2.45) is 0 Å². The van der Waals surface area contributed by atoms with Crippen molar-refractivity contribution in [2.75, 3.05) is 0 Å². The van der Waals surface area contributed by atoms with Crippen molar-refractivity contribution in [3.63, 3.8) is 0 Å². The van der Waals surface area contributed by atoms with E-state index in [2.05, 4.69) is 104 Å². The highest BCUT2D eigenvalue weighted by molar-refractivity contribution is 7.22. The zero-order valence-electron chi connectivity index (χ0n) is 18.2. The van der Waals surface area contributed by atoms with Gasteiger partial charge in [0.05, 0.1) is 15.9 Å². The minimum absolute atomic E-state index is 1.00. The molecule has 0 amide bonds. The van der Waals surface area contributed by atoms with Gasteiger partial charge in [-0.15, -0.1) is 11.3 Å². The third-order valence-electron chi connectivity index (χ3n) is 5.75. The van der Waals surface area contributed by atoms with Crippen LogP contribution in [0, 0.1) is 27.7 Å². The Morgan fingerprint density at radius 3 is 1.97 bits per heavy atom. The molecule has 0 bridgehead atoms. The average Bonchev–Trinajstić information content (AvgIpc) is 3.18. The second kappa shape index (κ2) is 7.75. The number of aryl methyl sites for hydroxylation is 4. The van der Waals surface area contributed by atoms with Crippen molar-refractivity contribution in [3.05, 3.63) is 95.3 Å². The highest BCUT2D eigenvalue weighted by Crippen LogP contribution is 2.38. The molecule has 0 aliphatic heterocycles. The molecule has 0 spiro atoms. The Morgan fingerprint density at radius 1 is 0.645 bits per heavy atom. The van der Waals surface area contributed by atoms with Gasteiger partial charge in [-0.2, -0.15) is 0 Å². The molecule has 31 heavy (non-hydrogen) atoms. The van der Waals surface area contributed by atoms with Crippen molar-refractivity contribution in [1.82, 2.24) is 9.97 Å². The monoisotopic (exact) mass is 420 g/mol. The highest BCUT2D eigenvalue weighted by Gasteiger charge is 2.13. The fourth-order valence-corrected chi connectivity index (χ4v) is 5.51. The molecular weight excluding hydrogens is 396 g/mol. The van der Waals surface area contributed by atoms with E-state index in [-0.39, 0.29) is 0 Å². The first-order valence-electron chi connectivity index (χ1n) is 10.5. The molecule has 0 unspecified atom stereocenters. The third-order valence-corrected chi connectivity index (χ3v) is 6.93. The summed E-state index contributed by atoms with van der Waals surface area (Å²) < 4.78 is 1.14. The minimum Gasteiger partial charge on any atom is -0.235 e. The van der Waals surface area contributed by atoms with Gasteiger partial charge in [-0.1, -0.05) is 59.7 Å². The molecule has 0 aliphatic carbocycles. The first-order chi connectivity index (χ1) is 15.0. The van der Waals surface area contributed by atoms with Gasteiger partial charge in [-0.3, -0.25) is 0 Å². The van der Waals surface area contributed by atoms with Crippen LogP contribution in [0.25, 0.3) is 43.0 Å². The molecular formula is C28H24N2S. The van der Waals surface area contributed by atoms with Gasteiger partial charge < -0.3 is 0 Å². The number of nitrogens with zero attached hydrogens (tertiary/aromatic N) is 2. The quantitative estimate of drug-likeness (QED) is 0.296. The summed E-state index contributed by atoms with van der Waals surface area (Å²) in [6.45, 7) is 8.61. The van der Waals surface area contributed by atoms with Crippen LogP contribution in [0.5, 0.6) is 0 Å². The van der Waals surface area contributed by atoms with E-state index in [0.29, 0.717) is 0 Å². The number of benzene rings is 3. The molecule has 2 heterocycles. The van der Waals surface area contributed by atoms with Crippen LogP contribution in [0.15, 0.2) is 73.1 Å². The van der Waals surface area contributed by atoms with Crippen molar-refractivity contribution in [3.8, 4) is 32.8 Å². The summed E-state index contributed by atoms with van der Waals surface area (Å²) in [5.41, 5.74) is 12.1. The Labute approximate surface area is 187 Å². The Kier molecular flexibility index (Phi) is 4.91. The number of thiophene rings is 1. The normalized spacial score (nSPS) is 11.2. The SMILES string of the molecule is Cc1cc(C)cc(-c2ncnc3cc(-c4ccc(-c5c(C)cccc5C)cc4)sc23)c1. The van der Waals surface area contributed by atoms with Gasteiger partial charge in [-0.25, -0.2) is 9.97 Å². The maximum Gasteiger partial charge on any atom is 0.116 e. The summed E-state index contributed by atoms with van der Waals surface area (Å²) in [6, 6.07) is 24.1. The first-order valence-corrected chi connectivity index (χ1v) is 11.3. The fraction of sp³-hybridized carbons (Fsp3) is 0.143. The fourth-order valence-electron chi connectivity index (χ4n) is 4.38. The highest BCUT2D eigenvalue weighted by atomic mass is 32.1. The molecule has 5 rings (SSSR count). The summed E-state index contributed by atoms with van der Waals surface area (Å²) in [5, 5.41) is 0. The largest absolute Gasteiger partial charge is 0.235 e. The van der Waals surface area contributed by atoms with Crippen LogP contribution in [0.2, 0.25) is 0 Å². The van der Waals surface area contributed by atoms with E-state index in [9.17, 15) is 0 Å². The lowest BCUT2D eigenvalue weighted by Crippen LogP contribution is -1.87. The van der Waals surface area contributed by atoms with Crippen LogP contribution in [-0.4, -0.2) is 9.97 Å². The van der Waals surface area contributed by atoms with E-state index in [1.165, 1.54) is 43.8 Å². The summed E-state index contributed by atoms with van der Waals surface area (Å²) in [6.07, 6.45) is 1.68. The molecule has 0 saturated heterocycles. The van der Waals surface area contributed by atoms with Gasteiger partial charge in [0, 0.05) is 10.4 Å². The van der Waals surface area contributed by atoms with Crippen molar-refractivity contribution >= 4 is 21.6 Å². The predicted molar refractivity (Wildman–Crippen MR) is 133 cm³/mol. The second-order valence-corrected chi connectivity index (χ2v) is 9.32. The van der Waals surface area contributed by atoms with E-state index in [1.807, 2.05) is 0 Å². The number of hydrogen-bond acceptors (Lipinski definition) is 3. The van der Waals surface area contributed by atoms with Gasteiger partial charge in [0.15, 0.2) is 0 Å². The van der Waals surface area contributed by atoms with E-state index < -0.39 is 0 Å². The average molecular weight is 421 g/mol. The maximum absolute atomic E-state index is 4.64. The topological polar surface area (TPSA) is 25.8 Å². The van der Waals surface area contributed by atoms with Crippen LogP contribution >= 0.6 is 11.3 Å². The third kappa shape index (κ3) is 3.66. The van der Waals surface area contributed by atoms with Gasteiger partial charge >= 0.3 is 0 Å². The summed E-state index contributed by atoms with van der Waals surface area (Å²) in [4.78, 5) is 10.4. The number of hydrogen-bond donors (Lipinski definition) is 0. The summed E-state index contributed by atoms with van der Waals surface area (Å²) in [7, 11) is 0. The summed E-state index contributed by atoms with van der Waals surface area (Å²) >= 11 is 1.77. The van der Waals surface area contributed by atoms with E-state index in [4.69, 9.17) is 0 Å². The molecule has 3 aromatic carbocycles. The predicted octanol–water partition coefficient (Wildman–Crippen LogP) is 7.93. The van der Waals surface area contributed by atoms with Crippen LogP contribution in [0.4, 0.5) is 0 Å². The van der Waals surface area contributed by atoms with Gasteiger partial charge in [0.1, 0.15) is 6.33 Å². The summed E-state index contributed by atoms with van der Waals surface area (Å²) in [5.74, 6) is 0. The standard InChI is InChI=1S/C28H24N2S/c1-17-12-18(2)14-23(13-17)27-28-24(29-16-30-27)15-25(31-28)21-8-10-22(11-9-21)26-19(3)6-5-7-20(26)4/h5-16H,1-4H3. The van der Waals surface area contributed by atoms with E-state index in [1.54, 1.807) is 17.7 Å². The van der Waals surface area contributed by atoms with Gasteiger partial charge in [-0.05, 0) is 73.7 Å². The van der Waals surface area contributed by atoms with Crippen molar-refractivity contribution in [1.29, 1.82) is 0 Å². The van der Waals surface area contributed by atoms with E-state index >= 15 is 0 Å². The molecule has 3 heteroatoms. The van der Waals surface area contributed by atoms with Crippen LogP contribution < -0.4 is 0 Å². The Hall–Kier alpha value is -3.30. The molecule has 0 aliphatic rings. The zero-order chi connectivity index (χ0) is 21.5. The smallest absolute Gasteiger partial charge is 0.116 e. The lowest BCUT2D eigenvalue weighted by molar-refractivity contribution is 1.23. The molecule has 5 aromatic rings. The molecule has 0 radical (unpaired) electrons. The van der Waals surface area contributed by atoms with Crippen molar-refractivity contribution < 1.29 is 0 Å². The molecule has 152 valence electrons. The number of fused-ring (bicyclic) bond motifs is 1. The Morgan fingerprint density at radius 2 is 1.29 bits per heavy atom. The number of aromatic nitrogens is 2. The molecule has 2 aromatic heterocycles.